The number of fused-ring (bicyclic) bond motifs is 2. The molecule has 0 bridgehead atoms. The standard InChI is InChI=1S/C16H22O4/c1-8-6-12-13(9(2)15(19)20-12)14(18)10-7-16(10,3)5-4-11(8)17/h6,10-14,17-18H,2,4-5,7H2,1,3H3/b8-6+/t10-,11+,12+,13-,14+,16+/m1/s1. The van der Waals surface area contributed by atoms with Gasteiger partial charge in [-0.05, 0) is 49.2 Å². The lowest BCUT2D eigenvalue weighted by Gasteiger charge is -2.26. The lowest BCUT2D eigenvalue weighted by Crippen LogP contribution is -2.33. The van der Waals surface area contributed by atoms with Gasteiger partial charge in [0.15, 0.2) is 0 Å². The summed E-state index contributed by atoms with van der Waals surface area (Å²) >= 11 is 0. The molecule has 0 aromatic carbocycles. The second kappa shape index (κ2) is 4.43. The van der Waals surface area contributed by atoms with E-state index in [0.717, 1.165) is 18.4 Å². The normalized spacial score (nSPS) is 50.6. The fraction of sp³-hybridized carbons (Fsp3) is 0.688. The van der Waals surface area contributed by atoms with Gasteiger partial charge in [0, 0.05) is 5.57 Å². The highest BCUT2D eigenvalue weighted by Crippen LogP contribution is 2.60. The van der Waals surface area contributed by atoms with Gasteiger partial charge in [-0.25, -0.2) is 4.79 Å². The molecule has 1 heterocycles. The molecule has 1 saturated heterocycles. The number of rotatable bonds is 0. The molecule has 4 nitrogen and oxygen atoms in total. The molecule has 2 fully saturated rings. The Hall–Kier alpha value is -1.13. The Morgan fingerprint density at radius 1 is 1.45 bits per heavy atom. The molecule has 1 saturated carbocycles. The van der Waals surface area contributed by atoms with Gasteiger partial charge in [0.25, 0.3) is 0 Å². The molecule has 2 N–H and O–H groups in total. The minimum atomic E-state index is -0.594. The quantitative estimate of drug-likeness (QED) is 0.401. The van der Waals surface area contributed by atoms with E-state index >= 15 is 0 Å². The van der Waals surface area contributed by atoms with Crippen LogP contribution >= 0.6 is 0 Å². The number of carbonyl (C=O) groups excluding carboxylic acids is 1. The van der Waals surface area contributed by atoms with Gasteiger partial charge in [-0.2, -0.15) is 0 Å². The summed E-state index contributed by atoms with van der Waals surface area (Å²) < 4.78 is 5.31. The molecule has 0 aromatic heterocycles. The van der Waals surface area contributed by atoms with Crippen molar-refractivity contribution < 1.29 is 19.7 Å². The van der Waals surface area contributed by atoms with Crippen LogP contribution in [-0.4, -0.2) is 34.5 Å². The van der Waals surface area contributed by atoms with Crippen molar-refractivity contribution in [1.29, 1.82) is 0 Å². The van der Waals surface area contributed by atoms with Crippen molar-refractivity contribution in [3.05, 3.63) is 23.8 Å². The zero-order chi connectivity index (χ0) is 14.7. The summed E-state index contributed by atoms with van der Waals surface area (Å²) in [7, 11) is 0. The maximum Gasteiger partial charge on any atom is 0.334 e. The largest absolute Gasteiger partial charge is 0.454 e. The van der Waals surface area contributed by atoms with E-state index in [1.54, 1.807) is 6.08 Å². The number of aliphatic hydroxyl groups excluding tert-OH is 2. The molecule has 3 rings (SSSR count). The van der Waals surface area contributed by atoms with Crippen LogP contribution in [0.4, 0.5) is 0 Å². The van der Waals surface area contributed by atoms with Crippen LogP contribution in [0.1, 0.15) is 33.1 Å². The Labute approximate surface area is 119 Å². The van der Waals surface area contributed by atoms with E-state index in [0.29, 0.717) is 12.0 Å². The minimum Gasteiger partial charge on any atom is -0.454 e. The number of ether oxygens (including phenoxy) is 1. The predicted molar refractivity (Wildman–Crippen MR) is 73.7 cm³/mol. The summed E-state index contributed by atoms with van der Waals surface area (Å²) in [6.45, 7) is 7.78. The smallest absolute Gasteiger partial charge is 0.334 e. The molecule has 3 aliphatic rings. The monoisotopic (exact) mass is 278 g/mol. The third kappa shape index (κ3) is 2.02. The molecule has 0 unspecified atom stereocenters. The van der Waals surface area contributed by atoms with Gasteiger partial charge in [0.2, 0.25) is 0 Å². The lowest BCUT2D eigenvalue weighted by atomic mass is 9.82. The average molecular weight is 278 g/mol. The van der Waals surface area contributed by atoms with E-state index in [-0.39, 0.29) is 17.3 Å². The van der Waals surface area contributed by atoms with Gasteiger partial charge in [-0.15, -0.1) is 0 Å². The molecule has 20 heavy (non-hydrogen) atoms. The second-order valence-corrected chi connectivity index (χ2v) is 6.84. The zero-order valence-electron chi connectivity index (χ0n) is 12.0. The van der Waals surface area contributed by atoms with Crippen LogP contribution in [0.3, 0.4) is 0 Å². The topological polar surface area (TPSA) is 66.8 Å². The van der Waals surface area contributed by atoms with Gasteiger partial charge in [-0.1, -0.05) is 13.5 Å². The van der Waals surface area contributed by atoms with Gasteiger partial charge < -0.3 is 14.9 Å². The van der Waals surface area contributed by atoms with E-state index in [4.69, 9.17) is 4.74 Å². The molecule has 0 spiro atoms. The molecular formula is C16H22O4. The number of hydrogen-bond donors (Lipinski definition) is 2. The minimum absolute atomic E-state index is 0.0640. The molecular weight excluding hydrogens is 256 g/mol. The molecule has 1 aliphatic heterocycles. The SMILES string of the molecule is C=C1C(=O)O[C@H]2/C=C(\C)[C@@H](O)CC[C@@]3(C)C[C@@H]3[C@H](O)[C@H]12. The van der Waals surface area contributed by atoms with E-state index in [1.165, 1.54) is 0 Å². The van der Waals surface area contributed by atoms with E-state index < -0.39 is 24.3 Å². The first kappa shape index (κ1) is 13.8. The lowest BCUT2D eigenvalue weighted by molar-refractivity contribution is -0.137. The zero-order valence-corrected chi connectivity index (χ0v) is 12.0. The first-order valence-corrected chi connectivity index (χ1v) is 7.28. The Morgan fingerprint density at radius 3 is 2.85 bits per heavy atom. The van der Waals surface area contributed by atoms with Gasteiger partial charge >= 0.3 is 5.97 Å². The number of hydrogen-bond acceptors (Lipinski definition) is 4. The molecule has 6 atom stereocenters. The third-order valence-electron chi connectivity index (χ3n) is 5.40. The van der Waals surface area contributed by atoms with Crippen LogP contribution in [-0.2, 0) is 9.53 Å². The maximum absolute atomic E-state index is 11.7. The fourth-order valence-corrected chi connectivity index (χ4v) is 3.72. The predicted octanol–water partition coefficient (Wildman–Crippen LogP) is 1.57. The summed E-state index contributed by atoms with van der Waals surface area (Å²) in [5.41, 5.74) is 1.22. The average Bonchev–Trinajstić information content (AvgIpc) is 2.99. The van der Waals surface area contributed by atoms with Crippen LogP contribution in [0.15, 0.2) is 23.8 Å². The van der Waals surface area contributed by atoms with Crippen molar-refractivity contribution in [2.24, 2.45) is 17.3 Å². The molecule has 110 valence electrons. The molecule has 4 heteroatoms. The Bertz CT molecular complexity index is 495. The summed E-state index contributed by atoms with van der Waals surface area (Å²) in [6.07, 6.45) is 2.70. The van der Waals surface area contributed by atoms with Crippen LogP contribution in [0.2, 0.25) is 0 Å². The van der Waals surface area contributed by atoms with E-state index in [2.05, 4.69) is 13.5 Å². The highest BCUT2D eigenvalue weighted by atomic mass is 16.6. The molecule has 0 aromatic rings. The third-order valence-corrected chi connectivity index (χ3v) is 5.40. The van der Waals surface area contributed by atoms with E-state index in [1.807, 2.05) is 6.92 Å². The highest BCUT2D eigenvalue weighted by molar-refractivity contribution is 5.91. The van der Waals surface area contributed by atoms with Crippen molar-refractivity contribution in [3.63, 3.8) is 0 Å². The summed E-state index contributed by atoms with van der Waals surface area (Å²) in [5, 5.41) is 20.8. The first-order chi connectivity index (χ1) is 9.33. The van der Waals surface area contributed by atoms with Crippen molar-refractivity contribution in [2.45, 2.75) is 51.4 Å². The van der Waals surface area contributed by atoms with Crippen LogP contribution in [0.5, 0.6) is 0 Å². The van der Waals surface area contributed by atoms with Crippen LogP contribution < -0.4 is 0 Å². The first-order valence-electron chi connectivity index (χ1n) is 7.28. The van der Waals surface area contributed by atoms with Crippen molar-refractivity contribution in [2.75, 3.05) is 0 Å². The Morgan fingerprint density at radius 2 is 2.15 bits per heavy atom. The van der Waals surface area contributed by atoms with E-state index in [9.17, 15) is 15.0 Å². The Kier molecular flexibility index (Phi) is 3.07. The van der Waals surface area contributed by atoms with Crippen molar-refractivity contribution in [1.82, 2.24) is 0 Å². The molecule has 0 amide bonds. The van der Waals surface area contributed by atoms with Crippen molar-refractivity contribution in [3.8, 4) is 0 Å². The second-order valence-electron chi connectivity index (χ2n) is 6.84. The van der Waals surface area contributed by atoms with Gasteiger partial charge in [-0.3, -0.25) is 0 Å². The number of esters is 1. The van der Waals surface area contributed by atoms with Crippen molar-refractivity contribution >= 4 is 5.97 Å². The Balaban J connectivity index is 1.97. The fourth-order valence-electron chi connectivity index (χ4n) is 3.72. The summed E-state index contributed by atoms with van der Waals surface area (Å²) in [6, 6.07) is 0. The van der Waals surface area contributed by atoms with Crippen LogP contribution in [0.25, 0.3) is 0 Å². The number of aliphatic hydroxyl groups is 2. The number of carbonyl (C=O) groups is 1. The van der Waals surface area contributed by atoms with Gasteiger partial charge in [0.05, 0.1) is 18.1 Å². The summed E-state index contributed by atoms with van der Waals surface area (Å²) in [4.78, 5) is 11.7. The van der Waals surface area contributed by atoms with Gasteiger partial charge in [0.1, 0.15) is 6.10 Å². The van der Waals surface area contributed by atoms with Crippen LogP contribution in [0, 0.1) is 17.3 Å². The molecule has 0 radical (unpaired) electrons. The summed E-state index contributed by atoms with van der Waals surface area (Å²) in [5.74, 6) is -0.644. The maximum atomic E-state index is 11.7. The highest BCUT2D eigenvalue weighted by Gasteiger charge is 2.58. The molecule has 2 aliphatic carbocycles.